The normalized spacial score (nSPS) is 10.7. The molecule has 1 heterocycles. The Labute approximate surface area is 227 Å². The maximum Gasteiger partial charge on any atom is 0.339 e. The van der Waals surface area contributed by atoms with Crippen LogP contribution < -0.4 is 5.32 Å². The van der Waals surface area contributed by atoms with E-state index in [0.29, 0.717) is 39.0 Å². The summed E-state index contributed by atoms with van der Waals surface area (Å²) in [7, 11) is 0. The number of ketones is 1. The van der Waals surface area contributed by atoms with Crippen molar-refractivity contribution in [3.8, 4) is 11.3 Å². The molecule has 186 valence electrons. The molecule has 0 aliphatic carbocycles. The van der Waals surface area contributed by atoms with Gasteiger partial charge in [0, 0.05) is 26.5 Å². The first-order chi connectivity index (χ1) is 18.5. The van der Waals surface area contributed by atoms with Gasteiger partial charge in [-0.2, -0.15) is 0 Å². The lowest BCUT2D eigenvalue weighted by Gasteiger charge is -2.12. The molecule has 7 heteroatoms. The third-order valence-corrected chi connectivity index (χ3v) is 6.37. The quantitative estimate of drug-likeness (QED) is 0.176. The largest absolute Gasteiger partial charge is 0.452 e. The fourth-order valence-electron chi connectivity index (χ4n) is 4.07. The zero-order valence-corrected chi connectivity index (χ0v) is 21.6. The van der Waals surface area contributed by atoms with Gasteiger partial charge in [-0.25, -0.2) is 9.78 Å². The molecular weight excluding hydrogens is 544 g/mol. The number of pyridine rings is 1. The van der Waals surface area contributed by atoms with Crippen molar-refractivity contribution in [2.45, 2.75) is 0 Å². The summed E-state index contributed by atoms with van der Waals surface area (Å²) in [6.07, 6.45) is 0. The lowest BCUT2D eigenvalue weighted by Crippen LogP contribution is -2.22. The van der Waals surface area contributed by atoms with Gasteiger partial charge in [0.1, 0.15) is 0 Å². The number of hydrogen-bond donors (Lipinski definition) is 1. The number of fused-ring (bicyclic) bond motifs is 1. The molecule has 1 aromatic heterocycles. The predicted octanol–water partition coefficient (Wildman–Crippen LogP) is 6.69. The summed E-state index contributed by atoms with van der Waals surface area (Å²) in [6, 6.07) is 32.1. The number of carbonyl (C=O) groups is 3. The molecule has 0 atom stereocenters. The van der Waals surface area contributed by atoms with E-state index < -0.39 is 18.5 Å². The van der Waals surface area contributed by atoms with Crippen LogP contribution in [0.2, 0.25) is 0 Å². The average Bonchev–Trinajstić information content (AvgIpc) is 2.95. The fraction of sp³-hybridized carbons (Fsp3) is 0.0323. The van der Waals surface area contributed by atoms with Crippen LogP contribution in [-0.2, 0) is 9.53 Å². The summed E-state index contributed by atoms with van der Waals surface area (Å²) in [5.74, 6) is -1.43. The lowest BCUT2D eigenvalue weighted by molar-refractivity contribution is -0.119. The molecular formula is C31H21BrN2O4. The van der Waals surface area contributed by atoms with E-state index in [1.807, 2.05) is 48.5 Å². The second-order valence-electron chi connectivity index (χ2n) is 8.45. The van der Waals surface area contributed by atoms with Gasteiger partial charge in [-0.15, -0.1) is 0 Å². The zero-order chi connectivity index (χ0) is 26.5. The summed E-state index contributed by atoms with van der Waals surface area (Å²) in [5, 5.41) is 3.31. The Bertz CT molecular complexity index is 1670. The van der Waals surface area contributed by atoms with Crippen molar-refractivity contribution in [3.05, 3.63) is 130 Å². The van der Waals surface area contributed by atoms with Crippen LogP contribution in [0.3, 0.4) is 0 Å². The van der Waals surface area contributed by atoms with Gasteiger partial charge in [-0.1, -0.05) is 88.7 Å². The van der Waals surface area contributed by atoms with Crippen LogP contribution in [0.15, 0.2) is 114 Å². The van der Waals surface area contributed by atoms with Crippen molar-refractivity contribution < 1.29 is 19.1 Å². The first-order valence-electron chi connectivity index (χ1n) is 11.8. The highest BCUT2D eigenvalue weighted by Gasteiger charge is 2.18. The Hall–Kier alpha value is -4.62. The summed E-state index contributed by atoms with van der Waals surface area (Å²) in [5.41, 5.74) is 3.57. The summed E-state index contributed by atoms with van der Waals surface area (Å²) < 4.78 is 6.28. The number of amides is 1. The number of halogens is 1. The monoisotopic (exact) mass is 564 g/mol. The maximum absolute atomic E-state index is 13.1. The molecule has 6 nitrogen and oxygen atoms in total. The molecule has 5 rings (SSSR count). The van der Waals surface area contributed by atoms with Gasteiger partial charge in [0.05, 0.1) is 22.5 Å². The number of nitrogens with one attached hydrogen (secondary N) is 1. The molecule has 0 radical (unpaired) electrons. The second-order valence-corrected chi connectivity index (χ2v) is 9.36. The number of rotatable bonds is 7. The molecule has 0 spiro atoms. The molecule has 1 N–H and O–H groups in total. The molecule has 0 unspecified atom stereocenters. The molecule has 0 saturated carbocycles. The van der Waals surface area contributed by atoms with Crippen LogP contribution in [0.1, 0.15) is 26.3 Å². The number of para-hydroxylation sites is 2. The van der Waals surface area contributed by atoms with Crippen molar-refractivity contribution in [2.75, 3.05) is 11.9 Å². The number of carbonyl (C=O) groups excluding carboxylic acids is 3. The van der Waals surface area contributed by atoms with Crippen LogP contribution in [0.5, 0.6) is 0 Å². The van der Waals surface area contributed by atoms with Gasteiger partial charge in [-0.3, -0.25) is 9.59 Å². The third-order valence-electron chi connectivity index (χ3n) is 5.87. The minimum atomic E-state index is -0.649. The van der Waals surface area contributed by atoms with Crippen molar-refractivity contribution in [1.29, 1.82) is 0 Å². The maximum atomic E-state index is 13.1. The first-order valence-corrected chi connectivity index (χ1v) is 12.6. The Kier molecular flexibility index (Phi) is 7.38. The van der Waals surface area contributed by atoms with Gasteiger partial charge in [0.15, 0.2) is 12.4 Å². The van der Waals surface area contributed by atoms with Crippen molar-refractivity contribution in [3.63, 3.8) is 0 Å². The molecule has 5 aromatic rings. The van der Waals surface area contributed by atoms with Gasteiger partial charge < -0.3 is 10.1 Å². The van der Waals surface area contributed by atoms with E-state index in [2.05, 4.69) is 21.2 Å². The topological polar surface area (TPSA) is 85.4 Å². The van der Waals surface area contributed by atoms with Crippen molar-refractivity contribution in [1.82, 2.24) is 4.98 Å². The fourth-order valence-corrected chi connectivity index (χ4v) is 4.47. The highest BCUT2D eigenvalue weighted by Crippen LogP contribution is 2.27. The van der Waals surface area contributed by atoms with E-state index in [1.54, 1.807) is 60.7 Å². The minimum absolute atomic E-state index is 0.221. The summed E-state index contributed by atoms with van der Waals surface area (Å²) >= 11 is 3.47. The van der Waals surface area contributed by atoms with E-state index in [-0.39, 0.29) is 5.78 Å². The smallest absolute Gasteiger partial charge is 0.339 e. The Morgan fingerprint density at radius 3 is 2.32 bits per heavy atom. The van der Waals surface area contributed by atoms with E-state index in [4.69, 9.17) is 9.72 Å². The second kappa shape index (κ2) is 11.2. The van der Waals surface area contributed by atoms with E-state index in [0.717, 1.165) is 10.0 Å². The molecule has 4 aromatic carbocycles. The molecule has 38 heavy (non-hydrogen) atoms. The molecule has 0 bridgehead atoms. The number of ether oxygens (including phenoxy) is 1. The predicted molar refractivity (Wildman–Crippen MR) is 150 cm³/mol. The standard InChI is InChI=1S/C31H21BrN2O4/c32-22-12-8-11-21(17-22)28-18-25(23-13-4-6-15-26(23)33-28)31(37)38-19-29(35)34-27-16-7-5-14-24(27)30(36)20-9-2-1-3-10-20/h1-18H,19H2,(H,34,35). The van der Waals surface area contributed by atoms with Crippen LogP contribution in [0, 0.1) is 0 Å². The van der Waals surface area contributed by atoms with Crippen LogP contribution >= 0.6 is 15.9 Å². The number of aromatic nitrogens is 1. The summed E-state index contributed by atoms with van der Waals surface area (Å²) in [6.45, 7) is -0.518. The molecule has 0 aliphatic rings. The first kappa shape index (κ1) is 25.0. The molecule has 0 saturated heterocycles. The Morgan fingerprint density at radius 1 is 0.763 bits per heavy atom. The van der Waals surface area contributed by atoms with Gasteiger partial charge in [0.25, 0.3) is 5.91 Å². The average molecular weight is 565 g/mol. The molecule has 0 fully saturated rings. The number of anilines is 1. The number of esters is 1. The number of hydrogen-bond acceptors (Lipinski definition) is 5. The van der Waals surface area contributed by atoms with Crippen LogP contribution in [0.4, 0.5) is 5.69 Å². The highest BCUT2D eigenvalue weighted by molar-refractivity contribution is 9.10. The number of nitrogens with zero attached hydrogens (tertiary/aromatic N) is 1. The van der Waals surface area contributed by atoms with Gasteiger partial charge in [0.2, 0.25) is 0 Å². The third kappa shape index (κ3) is 5.53. The SMILES string of the molecule is O=C(COC(=O)c1cc(-c2cccc(Br)c2)nc2ccccc12)Nc1ccccc1C(=O)c1ccccc1. The van der Waals surface area contributed by atoms with E-state index >= 15 is 0 Å². The zero-order valence-electron chi connectivity index (χ0n) is 20.1. The van der Waals surface area contributed by atoms with Crippen LogP contribution in [0.25, 0.3) is 22.2 Å². The van der Waals surface area contributed by atoms with Crippen LogP contribution in [-0.4, -0.2) is 29.3 Å². The highest BCUT2D eigenvalue weighted by atomic mass is 79.9. The van der Waals surface area contributed by atoms with E-state index in [1.165, 1.54) is 0 Å². The molecule has 1 amide bonds. The summed E-state index contributed by atoms with van der Waals surface area (Å²) in [4.78, 5) is 43.5. The molecule has 0 aliphatic heterocycles. The number of benzene rings is 4. The Balaban J connectivity index is 1.34. The Morgan fingerprint density at radius 2 is 1.50 bits per heavy atom. The minimum Gasteiger partial charge on any atom is -0.452 e. The van der Waals surface area contributed by atoms with Crippen molar-refractivity contribution >= 4 is 50.2 Å². The van der Waals surface area contributed by atoms with Crippen molar-refractivity contribution in [2.24, 2.45) is 0 Å². The van der Waals surface area contributed by atoms with Gasteiger partial charge >= 0.3 is 5.97 Å². The lowest BCUT2D eigenvalue weighted by atomic mass is 10.0. The van der Waals surface area contributed by atoms with Gasteiger partial charge in [-0.05, 0) is 36.4 Å². The van der Waals surface area contributed by atoms with E-state index in [9.17, 15) is 14.4 Å².